The van der Waals surface area contributed by atoms with Gasteiger partial charge >= 0.3 is 19.2 Å². The van der Waals surface area contributed by atoms with Crippen molar-refractivity contribution >= 4 is 19.2 Å². The molecule has 3 rings (SSSR count). The molecule has 214 valence electrons. The Hall–Kier alpha value is -2.83. The highest BCUT2D eigenvalue weighted by Gasteiger charge is 2.41. The van der Waals surface area contributed by atoms with E-state index in [4.69, 9.17) is 14.0 Å². The molecular weight excluding hydrogens is 517 g/mol. The Morgan fingerprint density at radius 2 is 1.82 bits per heavy atom. The highest BCUT2D eigenvalue weighted by atomic mass is 31.2. The van der Waals surface area contributed by atoms with Crippen LogP contribution in [0.2, 0.25) is 0 Å². The van der Waals surface area contributed by atoms with Crippen molar-refractivity contribution in [2.45, 2.75) is 98.1 Å². The van der Waals surface area contributed by atoms with E-state index in [1.807, 2.05) is 25.1 Å². The van der Waals surface area contributed by atoms with Crippen LogP contribution in [0.15, 0.2) is 30.3 Å². The average Bonchev–Trinajstić information content (AvgIpc) is 3.69. The number of carbonyl (C=O) groups is 2. The summed E-state index contributed by atoms with van der Waals surface area (Å²) in [4.78, 5) is 25.5. The van der Waals surface area contributed by atoms with Crippen LogP contribution in [-0.4, -0.2) is 35.5 Å². The van der Waals surface area contributed by atoms with Crippen molar-refractivity contribution in [3.8, 4) is 22.6 Å². The second-order valence-electron chi connectivity index (χ2n) is 10.5. The summed E-state index contributed by atoms with van der Waals surface area (Å²) in [7, 11) is -4.48. The Kier molecular flexibility index (Phi) is 10.6. The van der Waals surface area contributed by atoms with E-state index in [0.717, 1.165) is 54.4 Å². The Morgan fingerprint density at radius 1 is 1.10 bits per heavy atom. The molecule has 2 unspecified atom stereocenters. The number of unbranched alkanes of at least 4 members (excludes halogenated alkanes) is 2. The topological polar surface area (TPSA) is 111 Å². The van der Waals surface area contributed by atoms with Gasteiger partial charge in [-0.25, -0.2) is 14.4 Å². The zero-order valence-corrected chi connectivity index (χ0v) is 24.8. The van der Waals surface area contributed by atoms with Gasteiger partial charge in [0.05, 0.1) is 18.3 Å². The van der Waals surface area contributed by atoms with Crippen LogP contribution >= 0.6 is 7.52 Å². The zero-order valence-electron chi connectivity index (χ0n) is 23.9. The van der Waals surface area contributed by atoms with Crippen LogP contribution in [0, 0.1) is 6.92 Å². The molecule has 2 atom stereocenters. The van der Waals surface area contributed by atoms with Crippen LogP contribution in [0.5, 0.6) is 11.5 Å². The fraction of sp³-hybridized carbons (Fsp3) is 0.533. The number of esters is 1. The van der Waals surface area contributed by atoms with E-state index in [1.165, 1.54) is 6.92 Å². The highest BCUT2D eigenvalue weighted by molar-refractivity contribution is 7.74. The molecule has 1 saturated carbocycles. The van der Waals surface area contributed by atoms with E-state index >= 15 is 0 Å². The molecule has 0 heterocycles. The van der Waals surface area contributed by atoms with Gasteiger partial charge in [0, 0.05) is 0 Å². The minimum Gasteiger partial charge on any atom is -0.507 e. The van der Waals surface area contributed by atoms with Gasteiger partial charge in [-0.3, -0.25) is 4.79 Å². The largest absolute Gasteiger partial charge is 0.507 e. The Morgan fingerprint density at radius 3 is 2.44 bits per heavy atom. The number of carbonyl (C=O) groups excluding carboxylic acids is 2. The molecule has 8 nitrogen and oxygen atoms in total. The molecule has 0 bridgehead atoms. The van der Waals surface area contributed by atoms with Gasteiger partial charge < -0.3 is 19.1 Å². The van der Waals surface area contributed by atoms with E-state index in [9.17, 15) is 19.3 Å². The van der Waals surface area contributed by atoms with Gasteiger partial charge in [0.2, 0.25) is 0 Å². The molecule has 9 heteroatoms. The number of phenols is 1. The summed E-state index contributed by atoms with van der Waals surface area (Å²) < 4.78 is 30.5. The third-order valence-electron chi connectivity index (χ3n) is 6.51. The third-order valence-corrected chi connectivity index (χ3v) is 8.30. The summed E-state index contributed by atoms with van der Waals surface area (Å²) in [5, 5.41) is 13.9. The number of hydrogen-bond donors (Lipinski definition) is 2. The predicted molar refractivity (Wildman–Crippen MR) is 153 cm³/mol. The second-order valence-corrected chi connectivity index (χ2v) is 12.4. The van der Waals surface area contributed by atoms with E-state index < -0.39 is 31.3 Å². The van der Waals surface area contributed by atoms with E-state index in [0.29, 0.717) is 17.9 Å². The van der Waals surface area contributed by atoms with Gasteiger partial charge in [-0.1, -0.05) is 43.5 Å². The number of nitrogens with one attached hydrogen (secondary N) is 1. The number of phenolic OH excluding ortho intramolecular Hbond substituents is 1. The molecule has 0 amide bonds. The summed E-state index contributed by atoms with van der Waals surface area (Å²) in [6.07, 6.45) is 5.32. The Bertz CT molecular complexity index is 1220. The van der Waals surface area contributed by atoms with Crippen LogP contribution in [-0.2, 0) is 25.3 Å². The molecule has 0 aliphatic heterocycles. The second kappa shape index (κ2) is 13.5. The lowest BCUT2D eigenvalue weighted by Gasteiger charge is -2.25. The molecule has 39 heavy (non-hydrogen) atoms. The summed E-state index contributed by atoms with van der Waals surface area (Å²) in [6, 6.07) is 8.37. The fourth-order valence-corrected chi connectivity index (χ4v) is 6.03. The lowest BCUT2D eigenvalue weighted by molar-refractivity contribution is -0.149. The molecule has 0 aromatic heterocycles. The van der Waals surface area contributed by atoms with Crippen LogP contribution in [0.25, 0.3) is 11.1 Å². The van der Waals surface area contributed by atoms with Crippen molar-refractivity contribution in [2.24, 2.45) is 0 Å². The first-order chi connectivity index (χ1) is 18.5. The maximum atomic E-state index is 14.1. The molecule has 0 spiro atoms. The van der Waals surface area contributed by atoms with Crippen molar-refractivity contribution in [1.29, 1.82) is 0 Å². The molecule has 2 aromatic carbocycles. The normalized spacial score (nSPS) is 15.5. The lowest BCUT2D eigenvalue weighted by Crippen LogP contribution is -2.37. The molecule has 0 saturated heterocycles. The van der Waals surface area contributed by atoms with E-state index in [-0.39, 0.29) is 18.1 Å². The predicted octanol–water partition coefficient (Wildman–Crippen LogP) is 7.64. The first-order valence-electron chi connectivity index (χ1n) is 13.9. The Balaban J connectivity index is 2.13. The average molecular weight is 560 g/mol. The monoisotopic (exact) mass is 559 g/mol. The summed E-state index contributed by atoms with van der Waals surface area (Å²) >= 11 is 0. The van der Waals surface area contributed by atoms with E-state index in [1.54, 1.807) is 32.9 Å². The summed E-state index contributed by atoms with van der Waals surface area (Å²) in [5.74, 6) is -0.237. The number of benzene rings is 2. The van der Waals surface area contributed by atoms with Gasteiger partial charge in [-0.15, -0.1) is 0 Å². The third kappa shape index (κ3) is 8.09. The lowest BCUT2D eigenvalue weighted by atomic mass is 9.92. The quantitative estimate of drug-likeness (QED) is 0.138. The Labute approximate surface area is 231 Å². The van der Waals surface area contributed by atoms with Crippen LogP contribution in [0.1, 0.15) is 89.3 Å². The first kappa shape index (κ1) is 30.7. The standard InChI is InChI=1S/C30H42NO7P/c1-7-9-10-11-22-17-26(32)28(25-16-20(5)12-15-24(25)23-13-14-23)27(18-22)38-39(35,30(34)36-8-2)31-21(6)29(33)37-19(3)4/h12,15-19,21,23,32H,7-11,13-14H2,1-6H3,(H,31,35). The van der Waals surface area contributed by atoms with Crippen molar-refractivity contribution in [2.75, 3.05) is 6.61 Å². The minimum absolute atomic E-state index is 0.0193. The molecule has 0 radical (unpaired) electrons. The highest BCUT2D eigenvalue weighted by Crippen LogP contribution is 2.53. The molecule has 2 N–H and O–H groups in total. The van der Waals surface area contributed by atoms with Crippen molar-refractivity contribution in [3.63, 3.8) is 0 Å². The van der Waals surface area contributed by atoms with Crippen molar-refractivity contribution in [1.82, 2.24) is 5.09 Å². The van der Waals surface area contributed by atoms with Crippen molar-refractivity contribution < 1.29 is 33.3 Å². The SMILES string of the molecule is CCCCCc1cc(O)c(-c2cc(C)ccc2C2CC2)c(OP(=O)(NC(C)C(=O)OC(C)C)C(=O)OCC)c1. The summed E-state index contributed by atoms with van der Waals surface area (Å²) in [5.41, 5.74) is 2.87. The number of aryl methyl sites for hydroxylation is 2. The maximum absolute atomic E-state index is 14.1. The number of rotatable bonds is 14. The van der Waals surface area contributed by atoms with Gasteiger partial charge in [-0.2, -0.15) is 0 Å². The fourth-order valence-electron chi connectivity index (χ4n) is 4.46. The zero-order chi connectivity index (χ0) is 28.7. The number of hydrogen-bond acceptors (Lipinski definition) is 7. The maximum Gasteiger partial charge on any atom is 0.424 e. The van der Waals surface area contributed by atoms with Gasteiger partial charge in [0.1, 0.15) is 17.5 Å². The van der Waals surface area contributed by atoms with Crippen LogP contribution < -0.4 is 9.61 Å². The molecule has 1 aliphatic rings. The van der Waals surface area contributed by atoms with Crippen LogP contribution in [0.3, 0.4) is 0 Å². The molecule has 2 aromatic rings. The number of ether oxygens (including phenoxy) is 2. The number of aromatic hydroxyl groups is 1. The van der Waals surface area contributed by atoms with Gasteiger partial charge in [0.15, 0.2) is 0 Å². The first-order valence-corrected chi connectivity index (χ1v) is 15.5. The van der Waals surface area contributed by atoms with Crippen molar-refractivity contribution in [3.05, 3.63) is 47.0 Å². The van der Waals surface area contributed by atoms with Gasteiger partial charge in [0.25, 0.3) is 0 Å². The smallest absolute Gasteiger partial charge is 0.424 e. The van der Waals surface area contributed by atoms with Gasteiger partial charge in [-0.05, 0) is 95.0 Å². The molecule has 1 fully saturated rings. The minimum atomic E-state index is -4.48. The van der Waals surface area contributed by atoms with E-state index in [2.05, 4.69) is 12.0 Å². The molecule has 1 aliphatic carbocycles. The molecular formula is C30H42NO7P. The summed E-state index contributed by atoms with van der Waals surface area (Å²) in [6.45, 7) is 10.5. The van der Waals surface area contributed by atoms with Crippen LogP contribution in [0.4, 0.5) is 4.79 Å².